The quantitative estimate of drug-likeness (QED) is 0.728. The van der Waals surface area contributed by atoms with Crippen molar-refractivity contribution in [3.05, 3.63) is 35.4 Å². The van der Waals surface area contributed by atoms with Crippen LogP contribution in [0.4, 0.5) is 0 Å². The number of amides is 1. The third-order valence-corrected chi connectivity index (χ3v) is 1.98. The topological polar surface area (TPSA) is 52.9 Å². The summed E-state index contributed by atoms with van der Waals surface area (Å²) < 4.78 is 0. The molecule has 1 aromatic carbocycles. The molecule has 72 valence electrons. The summed E-state index contributed by atoms with van der Waals surface area (Å²) in [5.74, 6) is 0.0634. The largest absolute Gasteiger partial charge is 0.351 e. The standard InChI is InChI=1S/C10H10N2OS/c11-5-8-2-1-3-9(4-8)6-12-10(13)7-14/h1-4,14H,6-7H2,(H,12,13). The van der Waals surface area contributed by atoms with Gasteiger partial charge in [-0.2, -0.15) is 17.9 Å². The summed E-state index contributed by atoms with van der Waals surface area (Å²) in [5, 5.41) is 11.3. The fourth-order valence-electron chi connectivity index (χ4n) is 1.01. The number of thiol groups is 1. The monoisotopic (exact) mass is 206 g/mol. The molecule has 14 heavy (non-hydrogen) atoms. The Balaban J connectivity index is 2.60. The second-order valence-corrected chi connectivity index (χ2v) is 3.06. The van der Waals surface area contributed by atoms with E-state index in [0.717, 1.165) is 5.56 Å². The smallest absolute Gasteiger partial charge is 0.229 e. The van der Waals surface area contributed by atoms with Crippen LogP contribution in [0.2, 0.25) is 0 Å². The van der Waals surface area contributed by atoms with Crippen molar-refractivity contribution >= 4 is 18.5 Å². The Morgan fingerprint density at radius 3 is 3.00 bits per heavy atom. The van der Waals surface area contributed by atoms with Crippen LogP contribution in [-0.2, 0) is 11.3 Å². The maximum absolute atomic E-state index is 10.9. The van der Waals surface area contributed by atoms with E-state index in [1.165, 1.54) is 0 Å². The Morgan fingerprint density at radius 2 is 2.36 bits per heavy atom. The third kappa shape index (κ3) is 3.11. The van der Waals surface area contributed by atoms with Crippen LogP contribution in [-0.4, -0.2) is 11.7 Å². The Labute approximate surface area is 88.2 Å². The number of rotatable bonds is 3. The maximum atomic E-state index is 10.9. The van der Waals surface area contributed by atoms with Gasteiger partial charge in [-0.3, -0.25) is 4.79 Å². The average Bonchev–Trinajstić information content (AvgIpc) is 2.26. The minimum absolute atomic E-state index is 0.115. The zero-order valence-electron chi connectivity index (χ0n) is 7.53. The van der Waals surface area contributed by atoms with Crippen LogP contribution in [0.25, 0.3) is 0 Å². The molecule has 0 bridgehead atoms. The van der Waals surface area contributed by atoms with Gasteiger partial charge in [-0.15, -0.1) is 0 Å². The number of hydrogen-bond acceptors (Lipinski definition) is 3. The molecule has 0 aromatic heterocycles. The van der Waals surface area contributed by atoms with Gasteiger partial charge in [0, 0.05) is 6.54 Å². The van der Waals surface area contributed by atoms with Crippen LogP contribution in [0.3, 0.4) is 0 Å². The molecule has 1 amide bonds. The molecule has 0 saturated heterocycles. The van der Waals surface area contributed by atoms with E-state index in [1.54, 1.807) is 18.2 Å². The normalized spacial score (nSPS) is 9.14. The molecule has 1 N–H and O–H groups in total. The second-order valence-electron chi connectivity index (χ2n) is 2.75. The highest BCUT2D eigenvalue weighted by Crippen LogP contribution is 2.03. The van der Waals surface area contributed by atoms with Gasteiger partial charge < -0.3 is 5.32 Å². The first kappa shape index (κ1) is 10.6. The molecule has 0 saturated carbocycles. The fourth-order valence-corrected chi connectivity index (χ4v) is 1.12. The minimum Gasteiger partial charge on any atom is -0.351 e. The number of hydrogen-bond donors (Lipinski definition) is 2. The summed E-state index contributed by atoms with van der Waals surface area (Å²) in [7, 11) is 0. The lowest BCUT2D eigenvalue weighted by Gasteiger charge is -2.03. The van der Waals surface area contributed by atoms with Crippen LogP contribution in [0.15, 0.2) is 24.3 Å². The molecular weight excluding hydrogens is 196 g/mol. The van der Waals surface area contributed by atoms with E-state index in [0.29, 0.717) is 12.1 Å². The van der Waals surface area contributed by atoms with Gasteiger partial charge in [0.15, 0.2) is 0 Å². The number of nitrogens with zero attached hydrogens (tertiary/aromatic N) is 1. The van der Waals surface area contributed by atoms with Crippen molar-refractivity contribution in [2.45, 2.75) is 6.54 Å². The van der Waals surface area contributed by atoms with Crippen molar-refractivity contribution in [1.82, 2.24) is 5.32 Å². The predicted molar refractivity (Wildman–Crippen MR) is 56.9 cm³/mol. The van der Waals surface area contributed by atoms with Crippen molar-refractivity contribution in [2.24, 2.45) is 0 Å². The van der Waals surface area contributed by atoms with Gasteiger partial charge in [0.1, 0.15) is 0 Å². The highest BCUT2D eigenvalue weighted by atomic mass is 32.1. The molecule has 1 rings (SSSR count). The molecule has 0 fully saturated rings. The molecule has 4 heteroatoms. The first-order chi connectivity index (χ1) is 6.76. The lowest BCUT2D eigenvalue weighted by molar-refractivity contribution is -0.118. The Bertz CT molecular complexity index is 371. The van der Waals surface area contributed by atoms with E-state index in [-0.39, 0.29) is 11.7 Å². The van der Waals surface area contributed by atoms with Gasteiger partial charge in [0.2, 0.25) is 5.91 Å². The first-order valence-electron chi connectivity index (χ1n) is 4.13. The molecular formula is C10H10N2OS. The highest BCUT2D eigenvalue weighted by molar-refractivity contribution is 7.81. The van der Waals surface area contributed by atoms with Crippen molar-refractivity contribution < 1.29 is 4.79 Å². The molecule has 0 unspecified atom stereocenters. The van der Waals surface area contributed by atoms with E-state index in [1.807, 2.05) is 12.1 Å². The Hall–Kier alpha value is -1.47. The van der Waals surface area contributed by atoms with Crippen LogP contribution >= 0.6 is 12.6 Å². The third-order valence-electron chi connectivity index (χ3n) is 1.69. The minimum atomic E-state index is -0.115. The maximum Gasteiger partial charge on any atom is 0.229 e. The molecule has 0 radical (unpaired) electrons. The number of carbonyl (C=O) groups is 1. The van der Waals surface area contributed by atoms with E-state index in [2.05, 4.69) is 17.9 Å². The van der Waals surface area contributed by atoms with Gasteiger partial charge >= 0.3 is 0 Å². The molecule has 3 nitrogen and oxygen atoms in total. The number of nitrogens with one attached hydrogen (secondary N) is 1. The average molecular weight is 206 g/mol. The lowest BCUT2D eigenvalue weighted by Crippen LogP contribution is -2.23. The van der Waals surface area contributed by atoms with E-state index >= 15 is 0 Å². The van der Waals surface area contributed by atoms with Crippen molar-refractivity contribution in [3.8, 4) is 6.07 Å². The van der Waals surface area contributed by atoms with E-state index in [4.69, 9.17) is 5.26 Å². The van der Waals surface area contributed by atoms with Gasteiger partial charge in [-0.1, -0.05) is 12.1 Å². The summed E-state index contributed by atoms with van der Waals surface area (Å²) in [6, 6.07) is 9.17. The number of carbonyl (C=O) groups excluding carboxylic acids is 1. The van der Waals surface area contributed by atoms with Gasteiger partial charge in [0.25, 0.3) is 0 Å². The second kappa shape index (κ2) is 5.30. The summed E-state index contributed by atoms with van der Waals surface area (Å²) in [4.78, 5) is 10.9. The number of benzene rings is 1. The van der Waals surface area contributed by atoms with Gasteiger partial charge in [0.05, 0.1) is 17.4 Å². The zero-order valence-corrected chi connectivity index (χ0v) is 8.42. The van der Waals surface area contributed by atoms with Crippen molar-refractivity contribution in [1.29, 1.82) is 5.26 Å². The molecule has 0 aliphatic rings. The lowest BCUT2D eigenvalue weighted by atomic mass is 10.1. The van der Waals surface area contributed by atoms with Gasteiger partial charge in [-0.25, -0.2) is 0 Å². The highest BCUT2D eigenvalue weighted by Gasteiger charge is 1.98. The molecule has 1 aromatic rings. The summed E-state index contributed by atoms with van der Waals surface area (Å²) >= 11 is 3.84. The molecule has 0 heterocycles. The van der Waals surface area contributed by atoms with Crippen molar-refractivity contribution in [2.75, 3.05) is 5.75 Å². The number of nitriles is 1. The van der Waals surface area contributed by atoms with Crippen LogP contribution in [0, 0.1) is 11.3 Å². The Kier molecular flexibility index (Phi) is 4.02. The fraction of sp³-hybridized carbons (Fsp3) is 0.200. The summed E-state index contributed by atoms with van der Waals surface area (Å²) in [5.41, 5.74) is 1.52. The van der Waals surface area contributed by atoms with E-state index < -0.39 is 0 Å². The first-order valence-corrected chi connectivity index (χ1v) is 4.76. The Morgan fingerprint density at radius 1 is 1.57 bits per heavy atom. The van der Waals surface area contributed by atoms with Gasteiger partial charge in [-0.05, 0) is 17.7 Å². The predicted octanol–water partition coefficient (Wildman–Crippen LogP) is 1.10. The van der Waals surface area contributed by atoms with Crippen molar-refractivity contribution in [3.63, 3.8) is 0 Å². The van der Waals surface area contributed by atoms with Crippen LogP contribution in [0.1, 0.15) is 11.1 Å². The molecule has 0 spiro atoms. The summed E-state index contributed by atoms with van der Waals surface area (Å²) in [6.07, 6.45) is 0. The molecule has 0 atom stereocenters. The zero-order chi connectivity index (χ0) is 10.4. The summed E-state index contributed by atoms with van der Waals surface area (Å²) in [6.45, 7) is 0.439. The van der Waals surface area contributed by atoms with Crippen LogP contribution in [0.5, 0.6) is 0 Å². The SMILES string of the molecule is N#Cc1cccc(CNC(=O)CS)c1. The molecule has 0 aliphatic carbocycles. The van der Waals surface area contributed by atoms with E-state index in [9.17, 15) is 4.79 Å². The van der Waals surface area contributed by atoms with Crippen LogP contribution < -0.4 is 5.32 Å². The molecule has 0 aliphatic heterocycles.